The topological polar surface area (TPSA) is 92.8 Å². The summed E-state index contributed by atoms with van der Waals surface area (Å²) in [6, 6.07) is 4.41. The van der Waals surface area contributed by atoms with Crippen molar-refractivity contribution < 1.29 is 22.7 Å². The van der Waals surface area contributed by atoms with Gasteiger partial charge in [-0.1, -0.05) is 13.0 Å². The molecule has 0 atom stereocenters. The minimum atomic E-state index is -3.66. The van der Waals surface area contributed by atoms with E-state index >= 15 is 0 Å². The van der Waals surface area contributed by atoms with E-state index in [2.05, 4.69) is 12.2 Å². The predicted molar refractivity (Wildman–Crippen MR) is 102 cm³/mol. The van der Waals surface area contributed by atoms with Crippen LogP contribution in [-0.4, -0.2) is 51.3 Å². The lowest BCUT2D eigenvalue weighted by Gasteiger charge is -2.26. The lowest BCUT2D eigenvalue weighted by molar-refractivity contribution is -0.125. The molecule has 1 saturated carbocycles. The van der Waals surface area contributed by atoms with Crippen LogP contribution >= 0.6 is 0 Å². The van der Waals surface area contributed by atoms with Crippen molar-refractivity contribution in [1.82, 2.24) is 9.62 Å². The molecule has 0 bridgehead atoms. The van der Waals surface area contributed by atoms with Gasteiger partial charge in [0.1, 0.15) is 0 Å². The molecule has 0 unspecified atom stereocenters. The third-order valence-corrected chi connectivity index (χ3v) is 6.73. The highest BCUT2D eigenvalue weighted by Gasteiger charge is 2.23. The molecule has 1 amide bonds. The molecule has 1 N–H and O–H groups in total. The van der Waals surface area contributed by atoms with Crippen LogP contribution in [0.4, 0.5) is 0 Å². The number of esters is 1. The lowest BCUT2D eigenvalue weighted by atomic mass is 9.87. The van der Waals surface area contributed by atoms with Crippen molar-refractivity contribution in [2.24, 2.45) is 5.92 Å². The number of aryl methyl sites for hydroxylation is 1. The van der Waals surface area contributed by atoms with Crippen LogP contribution in [0.25, 0.3) is 0 Å². The Kier molecular flexibility index (Phi) is 7.00. The van der Waals surface area contributed by atoms with Gasteiger partial charge in [0.25, 0.3) is 5.91 Å². The first-order valence-electron chi connectivity index (χ1n) is 9.11. The number of nitrogens with one attached hydrogen (secondary N) is 1. The molecule has 0 aliphatic heterocycles. The SMILES string of the molecule is Cc1ccc(S(=O)(=O)N(C)C)cc1C(=O)OCC(=O)NC1CCC(C)CC1. The molecule has 1 fully saturated rings. The van der Waals surface area contributed by atoms with Crippen LogP contribution in [0, 0.1) is 12.8 Å². The molecular formula is C19H28N2O5S. The van der Waals surface area contributed by atoms with Crippen molar-refractivity contribution in [1.29, 1.82) is 0 Å². The highest BCUT2D eigenvalue weighted by Crippen LogP contribution is 2.23. The summed E-state index contributed by atoms with van der Waals surface area (Å²) >= 11 is 0. The molecule has 1 aliphatic rings. The number of rotatable bonds is 6. The van der Waals surface area contributed by atoms with Crippen LogP contribution < -0.4 is 5.32 Å². The number of nitrogens with zero attached hydrogens (tertiary/aromatic N) is 1. The highest BCUT2D eigenvalue weighted by atomic mass is 32.2. The Labute approximate surface area is 161 Å². The van der Waals surface area contributed by atoms with E-state index in [0.29, 0.717) is 11.5 Å². The maximum absolute atomic E-state index is 12.3. The third-order valence-electron chi connectivity index (χ3n) is 4.92. The van der Waals surface area contributed by atoms with Gasteiger partial charge in [-0.25, -0.2) is 17.5 Å². The van der Waals surface area contributed by atoms with Crippen LogP contribution in [0.1, 0.15) is 48.5 Å². The summed E-state index contributed by atoms with van der Waals surface area (Å²) in [4.78, 5) is 24.4. The summed E-state index contributed by atoms with van der Waals surface area (Å²) in [5.74, 6) is -0.363. The van der Waals surface area contributed by atoms with Gasteiger partial charge < -0.3 is 10.1 Å². The van der Waals surface area contributed by atoms with Gasteiger partial charge in [-0.3, -0.25) is 4.79 Å². The van der Waals surface area contributed by atoms with Crippen molar-refractivity contribution in [2.75, 3.05) is 20.7 Å². The number of amides is 1. The van der Waals surface area contributed by atoms with Gasteiger partial charge in [-0.2, -0.15) is 0 Å². The molecule has 27 heavy (non-hydrogen) atoms. The number of benzene rings is 1. The average Bonchev–Trinajstić information content (AvgIpc) is 2.61. The van der Waals surface area contributed by atoms with Crippen molar-refractivity contribution in [3.63, 3.8) is 0 Å². The second kappa shape index (κ2) is 8.84. The van der Waals surface area contributed by atoms with E-state index in [1.54, 1.807) is 13.0 Å². The van der Waals surface area contributed by atoms with Gasteiger partial charge >= 0.3 is 5.97 Å². The number of sulfonamides is 1. The first-order chi connectivity index (χ1) is 12.6. The maximum atomic E-state index is 12.3. The molecule has 1 aromatic rings. The van der Waals surface area contributed by atoms with E-state index in [4.69, 9.17) is 4.74 Å². The average molecular weight is 397 g/mol. The van der Waals surface area contributed by atoms with Crippen LogP contribution in [0.3, 0.4) is 0 Å². The number of hydrogen-bond acceptors (Lipinski definition) is 5. The minimum absolute atomic E-state index is 0.00540. The van der Waals surface area contributed by atoms with Gasteiger partial charge in [0.15, 0.2) is 6.61 Å². The summed E-state index contributed by atoms with van der Waals surface area (Å²) in [6.07, 6.45) is 4.03. The summed E-state index contributed by atoms with van der Waals surface area (Å²) in [6.45, 7) is 3.51. The van der Waals surface area contributed by atoms with Crippen molar-refractivity contribution >= 4 is 21.9 Å². The number of carbonyl (C=O) groups is 2. The zero-order valence-electron chi connectivity index (χ0n) is 16.3. The molecule has 0 saturated heterocycles. The van der Waals surface area contributed by atoms with E-state index in [0.717, 1.165) is 30.0 Å². The van der Waals surface area contributed by atoms with Crippen molar-refractivity contribution in [3.05, 3.63) is 29.3 Å². The third kappa shape index (κ3) is 5.52. The normalized spacial score (nSPS) is 20.3. The number of ether oxygens (including phenoxy) is 1. The van der Waals surface area contributed by atoms with E-state index in [9.17, 15) is 18.0 Å². The van der Waals surface area contributed by atoms with E-state index in [-0.39, 0.29) is 29.0 Å². The van der Waals surface area contributed by atoms with E-state index in [1.165, 1.54) is 26.2 Å². The Morgan fingerprint density at radius 1 is 1.19 bits per heavy atom. The number of hydrogen-bond donors (Lipinski definition) is 1. The fourth-order valence-electron chi connectivity index (χ4n) is 3.07. The standard InChI is InChI=1S/C19H28N2O5S/c1-13-5-8-15(9-6-13)20-18(22)12-26-19(23)17-11-16(10-7-14(17)2)27(24,25)21(3)4/h7,10-11,13,15H,5-6,8-9,12H2,1-4H3,(H,20,22). The minimum Gasteiger partial charge on any atom is -0.452 e. The van der Waals surface area contributed by atoms with Crippen molar-refractivity contribution in [2.45, 2.75) is 50.5 Å². The zero-order chi connectivity index (χ0) is 20.2. The second-order valence-corrected chi connectivity index (χ2v) is 9.52. The van der Waals surface area contributed by atoms with Gasteiger partial charge in [0.2, 0.25) is 10.0 Å². The summed E-state index contributed by atoms with van der Waals surface area (Å²) in [7, 11) is -0.818. The first kappa shape index (κ1) is 21.4. The fraction of sp³-hybridized carbons (Fsp3) is 0.579. The van der Waals surface area contributed by atoms with Crippen LogP contribution in [-0.2, 0) is 19.6 Å². The molecule has 2 rings (SSSR count). The quantitative estimate of drug-likeness (QED) is 0.744. The van der Waals surface area contributed by atoms with Crippen molar-refractivity contribution in [3.8, 4) is 0 Å². The first-order valence-corrected chi connectivity index (χ1v) is 10.5. The van der Waals surface area contributed by atoms with Gasteiger partial charge in [0.05, 0.1) is 10.5 Å². The summed E-state index contributed by atoms with van der Waals surface area (Å²) in [5, 5.41) is 2.89. The molecular weight excluding hydrogens is 368 g/mol. The lowest BCUT2D eigenvalue weighted by Crippen LogP contribution is -2.39. The summed E-state index contributed by atoms with van der Waals surface area (Å²) in [5.41, 5.74) is 0.719. The Balaban J connectivity index is 1.98. The van der Waals surface area contributed by atoms with E-state index < -0.39 is 16.0 Å². The molecule has 0 spiro atoms. The molecule has 0 radical (unpaired) electrons. The van der Waals surface area contributed by atoms with Crippen LogP contribution in [0.2, 0.25) is 0 Å². The molecule has 150 valence electrons. The van der Waals surface area contributed by atoms with E-state index in [1.807, 2.05) is 0 Å². The van der Waals surface area contributed by atoms with Gasteiger partial charge in [-0.05, 0) is 56.2 Å². The highest BCUT2D eigenvalue weighted by molar-refractivity contribution is 7.89. The molecule has 0 heterocycles. The van der Waals surface area contributed by atoms with Gasteiger partial charge in [-0.15, -0.1) is 0 Å². The Morgan fingerprint density at radius 3 is 2.41 bits per heavy atom. The Morgan fingerprint density at radius 2 is 1.81 bits per heavy atom. The van der Waals surface area contributed by atoms with Crippen LogP contribution in [0.15, 0.2) is 23.1 Å². The Hall–Kier alpha value is -1.93. The molecule has 7 nitrogen and oxygen atoms in total. The zero-order valence-corrected chi connectivity index (χ0v) is 17.1. The van der Waals surface area contributed by atoms with Crippen LogP contribution in [0.5, 0.6) is 0 Å². The molecule has 1 aromatic carbocycles. The maximum Gasteiger partial charge on any atom is 0.338 e. The second-order valence-electron chi connectivity index (χ2n) is 7.36. The smallest absolute Gasteiger partial charge is 0.338 e. The number of carbonyl (C=O) groups excluding carboxylic acids is 2. The molecule has 8 heteroatoms. The summed E-state index contributed by atoms with van der Waals surface area (Å²) < 4.78 is 30.7. The molecule has 0 aromatic heterocycles. The molecule has 1 aliphatic carbocycles. The Bertz CT molecular complexity index is 796. The predicted octanol–water partition coefficient (Wildman–Crippen LogP) is 2.10. The fourth-order valence-corrected chi connectivity index (χ4v) is 4.00. The van der Waals surface area contributed by atoms with Gasteiger partial charge in [0, 0.05) is 20.1 Å². The monoisotopic (exact) mass is 396 g/mol. The largest absolute Gasteiger partial charge is 0.452 e.